The zero-order chi connectivity index (χ0) is 14.0. The van der Waals surface area contributed by atoms with Gasteiger partial charge < -0.3 is 10.3 Å². The summed E-state index contributed by atoms with van der Waals surface area (Å²) in [6, 6.07) is 0.316. The summed E-state index contributed by atoms with van der Waals surface area (Å²) < 4.78 is 2.10. The molecule has 0 aliphatic rings. The topological polar surface area (TPSA) is 69.6 Å². The maximum Gasteiger partial charge on any atom is 0.191 e. The van der Waals surface area contributed by atoms with Crippen LogP contribution in [-0.4, -0.2) is 19.7 Å². The van der Waals surface area contributed by atoms with E-state index in [1.54, 1.807) is 23.1 Å². The Kier molecular flexibility index (Phi) is 4.59. The van der Waals surface area contributed by atoms with Gasteiger partial charge in [0.05, 0.1) is 18.0 Å². The van der Waals surface area contributed by atoms with Crippen LogP contribution in [0.4, 0.5) is 0 Å². The smallest absolute Gasteiger partial charge is 0.191 e. The average Bonchev–Trinajstić information content (AvgIpc) is 2.91. The number of rotatable bonds is 5. The summed E-state index contributed by atoms with van der Waals surface area (Å²) in [7, 11) is 0. The van der Waals surface area contributed by atoms with Gasteiger partial charge in [-0.15, -0.1) is 21.5 Å². The second-order valence-corrected chi connectivity index (χ2v) is 6.83. The lowest BCUT2D eigenvalue weighted by molar-refractivity contribution is 0.526. The SMILES string of the molecule is Cc1nc(CSc2nnc(CN)n2C(C)C)sc1C. The number of hydrogen-bond acceptors (Lipinski definition) is 6. The van der Waals surface area contributed by atoms with Crippen molar-refractivity contribution < 1.29 is 0 Å². The molecule has 0 unspecified atom stereocenters. The van der Waals surface area contributed by atoms with Crippen LogP contribution in [0.3, 0.4) is 0 Å². The molecule has 2 aromatic rings. The molecule has 0 atom stereocenters. The first kappa shape index (κ1) is 14.5. The fourth-order valence-electron chi connectivity index (χ4n) is 1.79. The van der Waals surface area contributed by atoms with Crippen LogP contribution >= 0.6 is 23.1 Å². The van der Waals surface area contributed by atoms with Gasteiger partial charge in [-0.1, -0.05) is 11.8 Å². The van der Waals surface area contributed by atoms with Crippen molar-refractivity contribution in [1.82, 2.24) is 19.7 Å². The molecule has 0 aliphatic carbocycles. The molecule has 104 valence electrons. The van der Waals surface area contributed by atoms with E-state index in [1.807, 2.05) is 6.92 Å². The van der Waals surface area contributed by atoms with Crippen molar-refractivity contribution in [3.05, 3.63) is 21.4 Å². The highest BCUT2D eigenvalue weighted by atomic mass is 32.2. The molecule has 2 rings (SSSR count). The summed E-state index contributed by atoms with van der Waals surface area (Å²) in [5.41, 5.74) is 6.81. The fraction of sp³-hybridized carbons (Fsp3) is 0.583. The van der Waals surface area contributed by atoms with Crippen LogP contribution < -0.4 is 5.73 Å². The van der Waals surface area contributed by atoms with Crippen molar-refractivity contribution in [2.45, 2.75) is 51.2 Å². The summed E-state index contributed by atoms with van der Waals surface area (Å²) >= 11 is 3.41. The van der Waals surface area contributed by atoms with Gasteiger partial charge in [0.15, 0.2) is 5.16 Å². The molecular formula is C12H19N5S2. The Labute approximate surface area is 121 Å². The minimum atomic E-state index is 0.316. The van der Waals surface area contributed by atoms with Crippen LogP contribution in [0.2, 0.25) is 0 Å². The average molecular weight is 297 g/mol. The summed E-state index contributed by atoms with van der Waals surface area (Å²) in [5.74, 6) is 1.67. The van der Waals surface area contributed by atoms with Crippen LogP contribution in [0.25, 0.3) is 0 Å². The van der Waals surface area contributed by atoms with E-state index in [-0.39, 0.29) is 0 Å². The van der Waals surface area contributed by atoms with Crippen LogP contribution in [0, 0.1) is 13.8 Å². The Morgan fingerprint density at radius 3 is 2.58 bits per heavy atom. The fourth-order valence-corrected chi connectivity index (χ4v) is 3.80. The molecule has 0 fully saturated rings. The molecule has 0 saturated carbocycles. The van der Waals surface area contributed by atoms with Gasteiger partial charge in [-0.2, -0.15) is 0 Å². The lowest BCUT2D eigenvalue weighted by Gasteiger charge is -2.12. The predicted octanol–water partition coefficient (Wildman–Crippen LogP) is 2.68. The molecule has 0 amide bonds. The lowest BCUT2D eigenvalue weighted by Crippen LogP contribution is -2.11. The monoisotopic (exact) mass is 297 g/mol. The Hall–Kier alpha value is -0.920. The third-order valence-electron chi connectivity index (χ3n) is 2.83. The van der Waals surface area contributed by atoms with Crippen LogP contribution in [0.1, 0.15) is 41.3 Å². The van der Waals surface area contributed by atoms with Crippen molar-refractivity contribution >= 4 is 23.1 Å². The number of thiazole rings is 1. The second kappa shape index (κ2) is 6.02. The second-order valence-electron chi connectivity index (χ2n) is 4.60. The van der Waals surface area contributed by atoms with Gasteiger partial charge >= 0.3 is 0 Å². The van der Waals surface area contributed by atoms with E-state index < -0.39 is 0 Å². The number of hydrogen-bond donors (Lipinski definition) is 1. The summed E-state index contributed by atoms with van der Waals surface area (Å²) in [4.78, 5) is 5.82. The molecular weight excluding hydrogens is 278 g/mol. The van der Waals surface area contributed by atoms with E-state index >= 15 is 0 Å². The molecule has 19 heavy (non-hydrogen) atoms. The molecule has 5 nitrogen and oxygen atoms in total. The van der Waals surface area contributed by atoms with Crippen molar-refractivity contribution in [1.29, 1.82) is 0 Å². The molecule has 0 radical (unpaired) electrons. The van der Waals surface area contributed by atoms with Gasteiger partial charge in [0, 0.05) is 10.9 Å². The van der Waals surface area contributed by atoms with Gasteiger partial charge in [-0.05, 0) is 27.7 Å². The molecule has 0 saturated heterocycles. The Bertz CT molecular complexity index is 539. The maximum absolute atomic E-state index is 5.69. The minimum Gasteiger partial charge on any atom is -0.324 e. The van der Waals surface area contributed by atoms with Gasteiger partial charge in [-0.3, -0.25) is 0 Å². The standard InChI is InChI=1S/C12H19N5S2/c1-7(2)17-10(5-13)15-16-12(17)18-6-11-14-8(3)9(4)19-11/h7H,5-6,13H2,1-4H3. The van der Waals surface area contributed by atoms with Crippen molar-refractivity contribution in [3.8, 4) is 0 Å². The number of aromatic nitrogens is 4. The third-order valence-corrected chi connectivity index (χ3v) is 5.04. The van der Waals surface area contributed by atoms with Crippen molar-refractivity contribution in [2.75, 3.05) is 0 Å². The van der Waals surface area contributed by atoms with Crippen molar-refractivity contribution in [3.63, 3.8) is 0 Å². The maximum atomic E-state index is 5.69. The van der Waals surface area contributed by atoms with Crippen LogP contribution in [0.5, 0.6) is 0 Å². The molecule has 0 aromatic carbocycles. The zero-order valence-electron chi connectivity index (χ0n) is 11.7. The zero-order valence-corrected chi connectivity index (χ0v) is 13.3. The molecule has 0 spiro atoms. The molecule has 0 aliphatic heterocycles. The summed E-state index contributed by atoms with van der Waals surface area (Å²) in [6.45, 7) is 8.79. The minimum absolute atomic E-state index is 0.316. The normalized spacial score (nSPS) is 11.5. The van der Waals surface area contributed by atoms with E-state index in [2.05, 4.69) is 40.5 Å². The Morgan fingerprint density at radius 2 is 2.05 bits per heavy atom. The molecule has 7 heteroatoms. The molecule has 0 bridgehead atoms. The third kappa shape index (κ3) is 3.16. The Balaban J connectivity index is 2.13. The van der Waals surface area contributed by atoms with Gasteiger partial charge in [0.25, 0.3) is 0 Å². The highest BCUT2D eigenvalue weighted by Gasteiger charge is 2.15. The van der Waals surface area contributed by atoms with Gasteiger partial charge in [0.1, 0.15) is 10.8 Å². The predicted molar refractivity (Wildman–Crippen MR) is 79.4 cm³/mol. The number of nitrogens with two attached hydrogens (primary N) is 1. The van der Waals surface area contributed by atoms with Crippen LogP contribution in [0.15, 0.2) is 5.16 Å². The molecule has 2 N–H and O–H groups in total. The summed E-state index contributed by atoms with van der Waals surface area (Å²) in [6.07, 6.45) is 0. The van der Waals surface area contributed by atoms with E-state index in [9.17, 15) is 0 Å². The Morgan fingerprint density at radius 1 is 1.32 bits per heavy atom. The first-order valence-corrected chi connectivity index (χ1v) is 8.02. The number of nitrogens with zero attached hydrogens (tertiary/aromatic N) is 4. The van der Waals surface area contributed by atoms with E-state index in [0.29, 0.717) is 12.6 Å². The lowest BCUT2D eigenvalue weighted by atomic mass is 10.4. The largest absolute Gasteiger partial charge is 0.324 e. The molecule has 2 heterocycles. The highest BCUT2D eigenvalue weighted by molar-refractivity contribution is 7.98. The quantitative estimate of drug-likeness (QED) is 0.859. The van der Waals surface area contributed by atoms with E-state index in [1.165, 1.54) is 4.88 Å². The number of thioether (sulfide) groups is 1. The number of aryl methyl sites for hydroxylation is 2. The van der Waals surface area contributed by atoms with Crippen molar-refractivity contribution in [2.24, 2.45) is 5.73 Å². The summed E-state index contributed by atoms with van der Waals surface area (Å²) in [5, 5.41) is 10.4. The first-order valence-electron chi connectivity index (χ1n) is 6.22. The molecule has 2 aromatic heterocycles. The van der Waals surface area contributed by atoms with E-state index in [4.69, 9.17) is 5.73 Å². The van der Waals surface area contributed by atoms with Gasteiger partial charge in [0.2, 0.25) is 0 Å². The first-order chi connectivity index (χ1) is 9.02. The van der Waals surface area contributed by atoms with Gasteiger partial charge in [-0.25, -0.2) is 4.98 Å². The van der Waals surface area contributed by atoms with E-state index in [0.717, 1.165) is 27.4 Å². The van der Waals surface area contributed by atoms with Crippen LogP contribution in [-0.2, 0) is 12.3 Å². The highest BCUT2D eigenvalue weighted by Crippen LogP contribution is 2.27.